The van der Waals surface area contributed by atoms with Crippen molar-refractivity contribution in [3.05, 3.63) is 42.6 Å². The van der Waals surface area contributed by atoms with Crippen LogP contribution in [0.25, 0.3) is 22.3 Å². The van der Waals surface area contributed by atoms with Gasteiger partial charge in [-0.05, 0) is 24.3 Å². The van der Waals surface area contributed by atoms with Crippen molar-refractivity contribution >= 4 is 10.9 Å². The number of fused-ring (bicyclic) bond motifs is 1. The molecular weight excluding hydrogens is 221 g/mol. The number of rotatable bonds is 1. The van der Waals surface area contributed by atoms with Crippen molar-refractivity contribution in [3.63, 3.8) is 0 Å². The van der Waals surface area contributed by atoms with Crippen LogP contribution in [-0.2, 0) is 0 Å². The first-order valence-electron chi connectivity index (χ1n) is 5.02. The van der Waals surface area contributed by atoms with Crippen LogP contribution < -0.4 is 0 Å². The molecule has 5 heteroatoms. The number of nitrogens with one attached hydrogen (secondary N) is 1. The van der Waals surface area contributed by atoms with Crippen LogP contribution in [0.1, 0.15) is 0 Å². The minimum Gasteiger partial charge on any atom is -0.506 e. The Morgan fingerprint density at radius 1 is 1.18 bits per heavy atom. The molecule has 1 aromatic carbocycles. The molecule has 3 aromatic rings. The maximum Gasteiger partial charge on any atom is 0.142 e. The molecule has 0 saturated heterocycles. The summed E-state index contributed by atoms with van der Waals surface area (Å²) in [6, 6.07) is 5.78. The van der Waals surface area contributed by atoms with E-state index in [1.54, 1.807) is 18.3 Å². The highest BCUT2D eigenvalue weighted by molar-refractivity contribution is 5.86. The van der Waals surface area contributed by atoms with E-state index in [9.17, 15) is 9.50 Å². The zero-order valence-electron chi connectivity index (χ0n) is 8.68. The predicted octanol–water partition coefficient (Wildman–Crippen LogP) is 2.47. The number of nitrogens with zero attached hydrogens (tertiary/aromatic N) is 2. The van der Waals surface area contributed by atoms with Crippen molar-refractivity contribution in [1.82, 2.24) is 15.0 Å². The zero-order chi connectivity index (χ0) is 11.8. The molecule has 2 aromatic heterocycles. The smallest absolute Gasteiger partial charge is 0.142 e. The molecule has 0 fully saturated rings. The van der Waals surface area contributed by atoms with Gasteiger partial charge in [0.2, 0.25) is 0 Å². The van der Waals surface area contributed by atoms with Crippen LogP contribution >= 0.6 is 0 Å². The summed E-state index contributed by atoms with van der Waals surface area (Å²) in [5, 5.41) is 9.96. The van der Waals surface area contributed by atoms with Crippen molar-refractivity contribution in [2.75, 3.05) is 0 Å². The first-order valence-corrected chi connectivity index (χ1v) is 5.02. The number of hydrogen-bond acceptors (Lipinski definition) is 3. The average molecular weight is 229 g/mol. The lowest BCUT2D eigenvalue weighted by molar-refractivity contribution is 0.479. The van der Waals surface area contributed by atoms with Gasteiger partial charge in [-0.3, -0.25) is 0 Å². The Labute approximate surface area is 95.8 Å². The van der Waals surface area contributed by atoms with Gasteiger partial charge in [-0.25, -0.2) is 14.4 Å². The first-order chi connectivity index (χ1) is 8.25. The third-order valence-corrected chi connectivity index (χ3v) is 2.56. The second-order valence-electron chi connectivity index (χ2n) is 3.62. The molecular formula is C12H8FN3O. The van der Waals surface area contributed by atoms with Crippen LogP contribution in [0.2, 0.25) is 0 Å². The number of aromatic hydroxyl groups is 1. The summed E-state index contributed by atoms with van der Waals surface area (Å²) < 4.78 is 13.5. The molecule has 0 spiro atoms. The molecule has 3 rings (SSSR count). The third kappa shape index (κ3) is 1.52. The zero-order valence-corrected chi connectivity index (χ0v) is 8.68. The summed E-state index contributed by atoms with van der Waals surface area (Å²) in [4.78, 5) is 11.0. The Morgan fingerprint density at radius 3 is 2.82 bits per heavy atom. The van der Waals surface area contributed by atoms with Crippen LogP contribution in [0.15, 0.2) is 36.8 Å². The van der Waals surface area contributed by atoms with Crippen LogP contribution in [0.4, 0.5) is 4.39 Å². The van der Waals surface area contributed by atoms with E-state index in [-0.39, 0.29) is 11.3 Å². The maximum atomic E-state index is 13.5. The monoisotopic (exact) mass is 229 g/mol. The highest BCUT2D eigenvalue weighted by atomic mass is 19.1. The second kappa shape index (κ2) is 3.55. The van der Waals surface area contributed by atoms with Crippen LogP contribution in [-0.4, -0.2) is 20.1 Å². The summed E-state index contributed by atoms with van der Waals surface area (Å²) in [5.74, 6) is -0.441. The molecule has 2 heterocycles. The molecule has 0 aliphatic carbocycles. The van der Waals surface area contributed by atoms with E-state index in [4.69, 9.17) is 0 Å². The number of H-pyrrole nitrogens is 1. The molecule has 0 radical (unpaired) electrons. The van der Waals surface area contributed by atoms with E-state index in [0.717, 1.165) is 5.69 Å². The molecule has 0 aliphatic rings. The molecule has 0 bridgehead atoms. The molecule has 0 unspecified atom stereocenters. The first kappa shape index (κ1) is 9.77. The number of aromatic nitrogens is 3. The van der Waals surface area contributed by atoms with E-state index in [0.29, 0.717) is 11.1 Å². The van der Waals surface area contributed by atoms with Crippen molar-refractivity contribution < 1.29 is 9.50 Å². The predicted molar refractivity (Wildman–Crippen MR) is 60.9 cm³/mol. The largest absolute Gasteiger partial charge is 0.506 e. The van der Waals surface area contributed by atoms with Gasteiger partial charge in [0.1, 0.15) is 17.1 Å². The van der Waals surface area contributed by atoms with Crippen molar-refractivity contribution in [2.24, 2.45) is 0 Å². The van der Waals surface area contributed by atoms with Crippen LogP contribution in [0.5, 0.6) is 5.75 Å². The number of halogens is 1. The fraction of sp³-hybridized carbons (Fsp3) is 0. The Bertz CT molecular complexity index is 680. The number of phenolic OH excluding ortho intramolecular Hbond substituents is 1. The minimum absolute atomic E-state index is 0.0391. The number of aromatic amines is 1. The lowest BCUT2D eigenvalue weighted by Crippen LogP contribution is -1.88. The fourth-order valence-corrected chi connectivity index (χ4v) is 1.71. The summed E-state index contributed by atoms with van der Waals surface area (Å²) in [7, 11) is 0. The highest BCUT2D eigenvalue weighted by Gasteiger charge is 2.09. The van der Waals surface area contributed by atoms with Crippen molar-refractivity contribution in [2.45, 2.75) is 0 Å². The average Bonchev–Trinajstić information content (AvgIpc) is 2.87. The van der Waals surface area contributed by atoms with E-state index in [1.807, 2.05) is 0 Å². The topological polar surface area (TPSA) is 61.8 Å². The minimum atomic E-state index is -0.401. The number of benzene rings is 1. The summed E-state index contributed by atoms with van der Waals surface area (Å²) >= 11 is 0. The summed E-state index contributed by atoms with van der Waals surface area (Å²) in [6.45, 7) is 0. The highest BCUT2D eigenvalue weighted by Crippen LogP contribution is 2.27. The normalized spacial score (nSPS) is 10.9. The van der Waals surface area contributed by atoms with Crippen LogP contribution in [0.3, 0.4) is 0 Å². The fourth-order valence-electron chi connectivity index (χ4n) is 1.71. The van der Waals surface area contributed by atoms with Crippen molar-refractivity contribution in [3.8, 4) is 17.1 Å². The molecule has 2 N–H and O–H groups in total. The van der Waals surface area contributed by atoms with Gasteiger partial charge in [0.15, 0.2) is 0 Å². The maximum absolute atomic E-state index is 13.5. The molecule has 0 atom stereocenters. The summed E-state index contributed by atoms with van der Waals surface area (Å²) in [6.07, 6.45) is 3.15. The quantitative estimate of drug-likeness (QED) is 0.673. The van der Waals surface area contributed by atoms with E-state index in [2.05, 4.69) is 15.0 Å². The Balaban J connectivity index is 2.29. The molecule has 84 valence electrons. The second-order valence-corrected chi connectivity index (χ2v) is 3.62. The molecule has 17 heavy (non-hydrogen) atoms. The molecule has 0 saturated carbocycles. The number of hydrogen-bond donors (Lipinski definition) is 2. The van der Waals surface area contributed by atoms with Gasteiger partial charge in [0, 0.05) is 5.39 Å². The van der Waals surface area contributed by atoms with E-state index in [1.165, 1.54) is 18.5 Å². The molecule has 0 amide bonds. The van der Waals surface area contributed by atoms with E-state index < -0.39 is 5.82 Å². The number of pyridine rings is 1. The number of phenols is 1. The Hall–Kier alpha value is -2.43. The van der Waals surface area contributed by atoms with Gasteiger partial charge in [0.05, 0.1) is 23.9 Å². The summed E-state index contributed by atoms with van der Waals surface area (Å²) in [5.41, 5.74) is 1.57. The number of imidazole rings is 1. The van der Waals surface area contributed by atoms with Gasteiger partial charge in [0.25, 0.3) is 0 Å². The molecule has 0 aliphatic heterocycles. The Kier molecular flexibility index (Phi) is 2.04. The van der Waals surface area contributed by atoms with E-state index >= 15 is 0 Å². The standard InChI is InChI=1S/C12H8FN3O/c13-8-2-4-11(17)12-7(8)1-3-9(16-12)10-5-14-6-15-10/h1-6,17H,(H,14,15). The van der Waals surface area contributed by atoms with Gasteiger partial charge in [-0.15, -0.1) is 0 Å². The lowest BCUT2D eigenvalue weighted by atomic mass is 10.1. The van der Waals surface area contributed by atoms with Crippen molar-refractivity contribution in [1.29, 1.82) is 0 Å². The van der Waals surface area contributed by atoms with Gasteiger partial charge in [-0.1, -0.05) is 0 Å². The van der Waals surface area contributed by atoms with Gasteiger partial charge < -0.3 is 10.1 Å². The SMILES string of the molecule is Oc1ccc(F)c2ccc(-c3cnc[nH]3)nc12. The lowest BCUT2D eigenvalue weighted by Gasteiger charge is -2.03. The third-order valence-electron chi connectivity index (χ3n) is 2.56. The van der Waals surface area contributed by atoms with Crippen LogP contribution in [0, 0.1) is 5.82 Å². The van der Waals surface area contributed by atoms with Gasteiger partial charge in [-0.2, -0.15) is 0 Å². The van der Waals surface area contributed by atoms with Gasteiger partial charge >= 0.3 is 0 Å². The molecule has 4 nitrogen and oxygen atoms in total. The Morgan fingerprint density at radius 2 is 2.06 bits per heavy atom.